The number of anilines is 3. The number of aromatic nitrogens is 1. The van der Waals surface area contributed by atoms with Crippen molar-refractivity contribution in [2.45, 2.75) is 27.3 Å². The normalized spacial score (nSPS) is 11.1. The first-order valence-electron chi connectivity index (χ1n) is 12.3. The van der Waals surface area contributed by atoms with Gasteiger partial charge >= 0.3 is 12.2 Å². The van der Waals surface area contributed by atoms with Gasteiger partial charge in [-0.1, -0.05) is 18.2 Å². The average molecular weight is 500 g/mol. The molecule has 1 heterocycles. The minimum Gasteiger partial charge on any atom is -0.450 e. The van der Waals surface area contributed by atoms with E-state index in [1.54, 1.807) is 13.8 Å². The van der Waals surface area contributed by atoms with Crippen molar-refractivity contribution in [3.05, 3.63) is 71.9 Å². The molecule has 4 N–H and O–H groups in total. The largest absolute Gasteiger partial charge is 0.450 e. The van der Waals surface area contributed by atoms with Gasteiger partial charge in [0, 0.05) is 28.9 Å². The maximum Gasteiger partial charge on any atom is 0.411 e. The minimum atomic E-state index is -0.500. The molecule has 0 aliphatic heterocycles. The van der Waals surface area contributed by atoms with E-state index in [9.17, 15) is 9.59 Å². The summed E-state index contributed by atoms with van der Waals surface area (Å²) in [4.78, 5) is 24.1. The molecule has 8 nitrogen and oxygen atoms in total. The van der Waals surface area contributed by atoms with Crippen LogP contribution in [0.3, 0.4) is 0 Å². The zero-order chi connectivity index (χ0) is 26.4. The van der Waals surface area contributed by atoms with Crippen LogP contribution in [0.2, 0.25) is 0 Å². The summed E-state index contributed by atoms with van der Waals surface area (Å²) in [6.07, 6.45) is 3.08. The fourth-order valence-electron chi connectivity index (χ4n) is 4.28. The van der Waals surface area contributed by atoms with Gasteiger partial charge in [-0.15, -0.1) is 0 Å². The van der Waals surface area contributed by atoms with Crippen LogP contribution in [0.15, 0.2) is 60.7 Å². The molecular formula is C29H31N4O4+. The van der Waals surface area contributed by atoms with E-state index in [1.807, 2.05) is 66.7 Å². The maximum absolute atomic E-state index is 12.1. The molecule has 1 aromatic heterocycles. The predicted molar refractivity (Wildman–Crippen MR) is 148 cm³/mol. The Balaban J connectivity index is 1.91. The first-order chi connectivity index (χ1) is 17.9. The molecule has 4 rings (SSSR count). The summed E-state index contributed by atoms with van der Waals surface area (Å²) in [5.41, 5.74) is 10.7. The highest BCUT2D eigenvalue weighted by Crippen LogP contribution is 2.31. The number of nitrogen functional groups attached to an aromatic ring is 1. The topological polar surface area (TPSA) is 107 Å². The number of pyridine rings is 1. The number of nitrogens with zero attached hydrogens (tertiary/aromatic N) is 1. The number of rotatable bonds is 7. The van der Waals surface area contributed by atoms with Crippen LogP contribution in [0.1, 0.15) is 32.0 Å². The van der Waals surface area contributed by atoms with Gasteiger partial charge in [-0.25, -0.2) is 9.59 Å². The zero-order valence-corrected chi connectivity index (χ0v) is 21.2. The molecule has 3 aromatic carbocycles. The number of carbonyl (C=O) groups is 2. The summed E-state index contributed by atoms with van der Waals surface area (Å²) in [7, 11) is 0. The van der Waals surface area contributed by atoms with Crippen LogP contribution in [0.4, 0.5) is 26.7 Å². The van der Waals surface area contributed by atoms with Gasteiger partial charge in [-0.05, 0) is 68.8 Å². The third kappa shape index (κ3) is 5.81. The molecule has 0 spiro atoms. The lowest BCUT2D eigenvalue weighted by atomic mass is 10.0. The smallest absolute Gasteiger partial charge is 0.411 e. The van der Waals surface area contributed by atoms with Crippen LogP contribution in [0.5, 0.6) is 0 Å². The molecule has 0 bridgehead atoms. The first kappa shape index (κ1) is 25.5. The van der Waals surface area contributed by atoms with Gasteiger partial charge in [-0.3, -0.25) is 10.6 Å². The number of aryl methyl sites for hydroxylation is 1. The number of hydrogen-bond donors (Lipinski definition) is 3. The van der Waals surface area contributed by atoms with Crippen LogP contribution in [0, 0.1) is 0 Å². The molecule has 0 radical (unpaired) electrons. The van der Waals surface area contributed by atoms with Crippen LogP contribution in [-0.4, -0.2) is 25.4 Å². The van der Waals surface area contributed by atoms with Crippen LogP contribution in [-0.2, 0) is 16.0 Å². The van der Waals surface area contributed by atoms with E-state index in [1.165, 1.54) is 0 Å². The molecule has 37 heavy (non-hydrogen) atoms. The Bertz CT molecular complexity index is 1480. The maximum atomic E-state index is 12.1. The molecule has 0 aliphatic rings. The second-order valence-corrected chi connectivity index (χ2v) is 8.31. The van der Waals surface area contributed by atoms with Crippen LogP contribution in [0.25, 0.3) is 33.8 Å². The molecule has 190 valence electrons. The number of carbonyl (C=O) groups excluding carboxylic acids is 2. The molecule has 0 saturated heterocycles. The number of amides is 2. The molecule has 0 aliphatic carbocycles. The van der Waals surface area contributed by atoms with Gasteiger partial charge in [0.1, 0.15) is 6.54 Å². The van der Waals surface area contributed by atoms with E-state index in [0.717, 1.165) is 32.9 Å². The lowest BCUT2D eigenvalue weighted by Gasteiger charge is -2.12. The van der Waals surface area contributed by atoms with Crippen LogP contribution >= 0.6 is 0 Å². The summed E-state index contributed by atoms with van der Waals surface area (Å²) in [5.74, 6) is 0. The van der Waals surface area contributed by atoms with Gasteiger partial charge in [-0.2, -0.15) is 4.57 Å². The molecule has 0 fully saturated rings. The molecule has 4 aromatic rings. The Morgan fingerprint density at radius 1 is 0.784 bits per heavy atom. The fraction of sp³-hybridized carbons (Fsp3) is 0.207. The summed E-state index contributed by atoms with van der Waals surface area (Å²) in [6, 6.07) is 19.2. The molecule has 0 unspecified atom stereocenters. The second kappa shape index (κ2) is 11.4. The van der Waals surface area contributed by atoms with Crippen molar-refractivity contribution in [3.8, 4) is 0 Å². The number of benzene rings is 3. The first-order valence-corrected chi connectivity index (χ1v) is 12.3. The Kier molecular flexibility index (Phi) is 7.88. The molecule has 8 heteroatoms. The summed E-state index contributed by atoms with van der Waals surface area (Å²) in [6.45, 7) is 6.85. The Labute approximate surface area is 215 Å². The highest BCUT2D eigenvalue weighted by molar-refractivity contribution is 6.09. The van der Waals surface area contributed by atoms with Crippen molar-refractivity contribution in [2.75, 3.05) is 29.6 Å². The second-order valence-electron chi connectivity index (χ2n) is 8.31. The molecule has 0 atom stereocenters. The van der Waals surface area contributed by atoms with Crippen LogP contribution < -0.4 is 20.9 Å². The summed E-state index contributed by atoms with van der Waals surface area (Å²) >= 11 is 0. The summed E-state index contributed by atoms with van der Waals surface area (Å²) in [5, 5.41) is 8.57. The number of nitrogens with one attached hydrogen (secondary N) is 2. The summed E-state index contributed by atoms with van der Waals surface area (Å²) < 4.78 is 12.3. The average Bonchev–Trinajstić information content (AvgIpc) is 2.88. The van der Waals surface area contributed by atoms with Crippen molar-refractivity contribution < 1.29 is 23.6 Å². The number of nitrogens with two attached hydrogens (primary N) is 1. The van der Waals surface area contributed by atoms with E-state index in [4.69, 9.17) is 15.2 Å². The third-order valence-corrected chi connectivity index (χ3v) is 5.90. The van der Waals surface area contributed by atoms with Crippen molar-refractivity contribution in [1.29, 1.82) is 0 Å². The van der Waals surface area contributed by atoms with Gasteiger partial charge in [0.2, 0.25) is 11.2 Å². The van der Waals surface area contributed by atoms with Crippen molar-refractivity contribution in [3.63, 3.8) is 0 Å². The molecular weight excluding hydrogens is 468 g/mol. The predicted octanol–water partition coefficient (Wildman–Crippen LogP) is 6.19. The van der Waals surface area contributed by atoms with Gasteiger partial charge in [0.25, 0.3) is 0 Å². The van der Waals surface area contributed by atoms with Gasteiger partial charge in [0.15, 0.2) is 0 Å². The third-order valence-electron chi connectivity index (χ3n) is 5.90. The van der Waals surface area contributed by atoms with Crippen molar-refractivity contribution in [2.24, 2.45) is 0 Å². The standard InChI is InChI=1S/C29H30N4O4/c1-4-33-26(16-9-19-7-10-20(30)11-8-19)25-17-21(31-28(34)36-5-2)12-14-23(25)24-15-13-22(18-27(24)33)32-29(35)37-6-3/h7-18H,4-6H2,1-3H3,(H3,30,31,32,34,35)/p+1. The fourth-order valence-corrected chi connectivity index (χ4v) is 4.28. The molecule has 2 amide bonds. The lowest BCUT2D eigenvalue weighted by molar-refractivity contribution is -0.668. The highest BCUT2D eigenvalue weighted by atomic mass is 16.6. The van der Waals surface area contributed by atoms with E-state index in [-0.39, 0.29) is 6.61 Å². The van der Waals surface area contributed by atoms with Gasteiger partial charge < -0.3 is 15.2 Å². The zero-order valence-electron chi connectivity index (χ0n) is 21.2. The Hall–Kier alpha value is -4.59. The monoisotopic (exact) mass is 499 g/mol. The van der Waals surface area contributed by atoms with E-state index < -0.39 is 12.2 Å². The van der Waals surface area contributed by atoms with Crippen molar-refractivity contribution >= 4 is 63.1 Å². The minimum absolute atomic E-state index is 0.289. The Morgan fingerprint density at radius 2 is 1.38 bits per heavy atom. The molecule has 0 saturated carbocycles. The quantitative estimate of drug-likeness (QED) is 0.160. The number of ether oxygens (including phenoxy) is 2. The van der Waals surface area contributed by atoms with E-state index in [2.05, 4.69) is 28.2 Å². The SMILES string of the molecule is CCOC(=O)Nc1ccc2c(c1)c(/C=C/c1ccc(N)cc1)[n+](CC)c1cc(NC(=O)OCC)ccc21. The van der Waals surface area contributed by atoms with Gasteiger partial charge in [0.05, 0.1) is 29.7 Å². The van der Waals surface area contributed by atoms with E-state index >= 15 is 0 Å². The number of fused-ring (bicyclic) bond motifs is 3. The lowest BCUT2D eigenvalue weighted by Crippen LogP contribution is -2.37. The highest BCUT2D eigenvalue weighted by Gasteiger charge is 2.21. The van der Waals surface area contributed by atoms with Crippen molar-refractivity contribution in [1.82, 2.24) is 0 Å². The Morgan fingerprint density at radius 3 is 1.97 bits per heavy atom. The van der Waals surface area contributed by atoms with E-state index in [0.29, 0.717) is 30.2 Å². The number of hydrogen-bond acceptors (Lipinski definition) is 5.